The van der Waals surface area contributed by atoms with E-state index in [-0.39, 0.29) is 12.1 Å². The van der Waals surface area contributed by atoms with Gasteiger partial charge >= 0.3 is 5.97 Å². The van der Waals surface area contributed by atoms with Crippen LogP contribution in [0.15, 0.2) is 24.3 Å². The van der Waals surface area contributed by atoms with Crippen LogP contribution >= 0.6 is 0 Å². The molecule has 0 radical (unpaired) electrons. The van der Waals surface area contributed by atoms with Gasteiger partial charge in [0, 0.05) is 12.1 Å². The molecule has 0 spiro atoms. The van der Waals surface area contributed by atoms with E-state index in [1.165, 1.54) is 36.9 Å². The molecule has 18 heavy (non-hydrogen) atoms. The number of hydrogen-bond donors (Lipinski definition) is 1. The van der Waals surface area contributed by atoms with Crippen LogP contribution in [-0.2, 0) is 4.79 Å². The topological polar surface area (TPSA) is 57.6 Å². The largest absolute Gasteiger partial charge is 0.480 e. The molecule has 1 aromatic rings. The number of amides is 1. The number of carbonyl (C=O) groups excluding carboxylic acids is 1. The van der Waals surface area contributed by atoms with E-state index in [0.29, 0.717) is 0 Å². The van der Waals surface area contributed by atoms with E-state index in [0.717, 1.165) is 6.07 Å². The lowest BCUT2D eigenvalue weighted by molar-refractivity contribution is -0.147. The molecule has 0 fully saturated rings. The molecule has 0 atom stereocenters. The predicted molar refractivity (Wildman–Crippen MR) is 64.8 cm³/mol. The third-order valence-electron chi connectivity index (χ3n) is 2.83. The predicted octanol–water partition coefficient (Wildman–Crippen LogP) is 2.15. The molecule has 0 unspecified atom stereocenters. The standard InChI is InChI=1S/C13H16FNO3/c1-4-15(13(2,3)12(17)18)11(16)9-6-5-7-10(14)8-9/h5-8H,4H2,1-3H3,(H,17,18). The van der Waals surface area contributed by atoms with Crippen molar-refractivity contribution in [3.63, 3.8) is 0 Å². The Morgan fingerprint density at radius 1 is 1.39 bits per heavy atom. The fourth-order valence-corrected chi connectivity index (χ4v) is 1.69. The molecule has 5 heteroatoms. The normalized spacial score (nSPS) is 11.1. The molecule has 1 N–H and O–H groups in total. The van der Waals surface area contributed by atoms with Crippen molar-refractivity contribution >= 4 is 11.9 Å². The molecule has 98 valence electrons. The lowest BCUT2D eigenvalue weighted by atomic mass is 10.0. The van der Waals surface area contributed by atoms with Gasteiger partial charge in [-0.05, 0) is 39.0 Å². The Kier molecular flexibility index (Phi) is 4.06. The molecule has 0 aromatic heterocycles. The maximum atomic E-state index is 13.1. The second-order valence-electron chi connectivity index (χ2n) is 4.42. The Morgan fingerprint density at radius 2 is 2.00 bits per heavy atom. The Bertz CT molecular complexity index is 471. The summed E-state index contributed by atoms with van der Waals surface area (Å²) < 4.78 is 13.1. The van der Waals surface area contributed by atoms with Gasteiger partial charge in [0.05, 0.1) is 0 Å². The smallest absolute Gasteiger partial charge is 0.329 e. The van der Waals surface area contributed by atoms with Gasteiger partial charge in [0.25, 0.3) is 5.91 Å². The molecule has 0 aliphatic carbocycles. The monoisotopic (exact) mass is 253 g/mol. The molecule has 1 amide bonds. The van der Waals surface area contributed by atoms with Crippen LogP contribution in [-0.4, -0.2) is 34.0 Å². The minimum Gasteiger partial charge on any atom is -0.480 e. The molecule has 0 bridgehead atoms. The van der Waals surface area contributed by atoms with Gasteiger partial charge in [-0.2, -0.15) is 0 Å². The van der Waals surface area contributed by atoms with Crippen molar-refractivity contribution in [2.24, 2.45) is 0 Å². The fourth-order valence-electron chi connectivity index (χ4n) is 1.69. The molecule has 0 aliphatic heterocycles. The number of hydrogen-bond acceptors (Lipinski definition) is 2. The summed E-state index contributed by atoms with van der Waals surface area (Å²) >= 11 is 0. The van der Waals surface area contributed by atoms with E-state index in [1.807, 2.05) is 0 Å². The number of carbonyl (C=O) groups is 2. The average molecular weight is 253 g/mol. The van der Waals surface area contributed by atoms with E-state index in [9.17, 15) is 14.0 Å². The van der Waals surface area contributed by atoms with Gasteiger partial charge < -0.3 is 10.0 Å². The zero-order valence-electron chi connectivity index (χ0n) is 10.6. The van der Waals surface area contributed by atoms with Crippen molar-refractivity contribution in [2.75, 3.05) is 6.54 Å². The summed E-state index contributed by atoms with van der Waals surface area (Å²) in [5, 5.41) is 9.13. The molecular formula is C13H16FNO3. The van der Waals surface area contributed by atoms with Crippen LogP contribution < -0.4 is 0 Å². The highest BCUT2D eigenvalue weighted by molar-refractivity contribution is 5.97. The van der Waals surface area contributed by atoms with E-state index in [1.54, 1.807) is 6.92 Å². The summed E-state index contributed by atoms with van der Waals surface area (Å²) in [5.41, 5.74) is -1.19. The first-order chi connectivity index (χ1) is 8.30. The van der Waals surface area contributed by atoms with Gasteiger partial charge in [0.15, 0.2) is 0 Å². The van der Waals surface area contributed by atoms with Crippen molar-refractivity contribution < 1.29 is 19.1 Å². The van der Waals surface area contributed by atoms with Gasteiger partial charge in [-0.1, -0.05) is 6.07 Å². The molecule has 0 saturated carbocycles. The lowest BCUT2D eigenvalue weighted by Crippen LogP contribution is -2.52. The number of nitrogens with zero attached hydrogens (tertiary/aromatic N) is 1. The first-order valence-electron chi connectivity index (χ1n) is 5.61. The van der Waals surface area contributed by atoms with Crippen LogP contribution in [0, 0.1) is 5.82 Å². The fraction of sp³-hybridized carbons (Fsp3) is 0.385. The van der Waals surface area contributed by atoms with E-state index in [4.69, 9.17) is 5.11 Å². The summed E-state index contributed by atoms with van der Waals surface area (Å²) in [6, 6.07) is 5.22. The lowest BCUT2D eigenvalue weighted by Gasteiger charge is -2.34. The first kappa shape index (κ1) is 14.2. The van der Waals surface area contributed by atoms with Crippen LogP contribution in [0.25, 0.3) is 0 Å². The second kappa shape index (κ2) is 5.16. The highest BCUT2D eigenvalue weighted by Crippen LogP contribution is 2.18. The number of carboxylic acid groups (broad SMARTS) is 1. The van der Waals surface area contributed by atoms with Crippen molar-refractivity contribution in [1.82, 2.24) is 4.90 Å². The number of benzene rings is 1. The summed E-state index contributed by atoms with van der Waals surface area (Å²) in [6.07, 6.45) is 0. The second-order valence-corrected chi connectivity index (χ2v) is 4.42. The van der Waals surface area contributed by atoms with Gasteiger partial charge in [0.1, 0.15) is 11.4 Å². The molecule has 4 nitrogen and oxygen atoms in total. The summed E-state index contributed by atoms with van der Waals surface area (Å²) in [6.45, 7) is 4.79. The number of aliphatic carboxylic acids is 1. The Balaban J connectivity index is 3.11. The minimum atomic E-state index is -1.34. The van der Waals surface area contributed by atoms with Gasteiger partial charge in [-0.15, -0.1) is 0 Å². The van der Waals surface area contributed by atoms with Crippen LogP contribution in [0.4, 0.5) is 4.39 Å². The van der Waals surface area contributed by atoms with Crippen molar-refractivity contribution in [3.8, 4) is 0 Å². The van der Waals surface area contributed by atoms with Crippen molar-refractivity contribution in [1.29, 1.82) is 0 Å². The summed E-state index contributed by atoms with van der Waals surface area (Å²) in [5.74, 6) is -2.12. The highest BCUT2D eigenvalue weighted by atomic mass is 19.1. The SMILES string of the molecule is CCN(C(=O)c1cccc(F)c1)C(C)(C)C(=O)O. The Hall–Kier alpha value is -1.91. The maximum absolute atomic E-state index is 13.1. The molecule has 1 rings (SSSR count). The van der Waals surface area contributed by atoms with Crippen molar-refractivity contribution in [2.45, 2.75) is 26.3 Å². The van der Waals surface area contributed by atoms with Gasteiger partial charge in [-0.25, -0.2) is 9.18 Å². The minimum absolute atomic E-state index is 0.145. The average Bonchev–Trinajstić information content (AvgIpc) is 2.29. The highest BCUT2D eigenvalue weighted by Gasteiger charge is 2.37. The number of halogens is 1. The third kappa shape index (κ3) is 2.67. The van der Waals surface area contributed by atoms with E-state index in [2.05, 4.69) is 0 Å². The quantitative estimate of drug-likeness (QED) is 0.894. The molecule has 0 saturated heterocycles. The molecule has 0 aliphatic rings. The molecule has 0 heterocycles. The van der Waals surface area contributed by atoms with Gasteiger partial charge in [-0.3, -0.25) is 4.79 Å². The summed E-state index contributed by atoms with van der Waals surface area (Å²) in [7, 11) is 0. The molecule has 1 aromatic carbocycles. The zero-order chi connectivity index (χ0) is 13.9. The van der Waals surface area contributed by atoms with Crippen LogP contribution in [0.5, 0.6) is 0 Å². The Labute approximate surface area is 105 Å². The zero-order valence-corrected chi connectivity index (χ0v) is 10.6. The first-order valence-corrected chi connectivity index (χ1v) is 5.61. The van der Waals surface area contributed by atoms with Crippen LogP contribution in [0.1, 0.15) is 31.1 Å². The van der Waals surface area contributed by atoms with E-state index >= 15 is 0 Å². The van der Waals surface area contributed by atoms with Crippen LogP contribution in [0.3, 0.4) is 0 Å². The van der Waals surface area contributed by atoms with E-state index < -0.39 is 23.2 Å². The van der Waals surface area contributed by atoms with Crippen LogP contribution in [0.2, 0.25) is 0 Å². The number of rotatable bonds is 4. The maximum Gasteiger partial charge on any atom is 0.329 e. The summed E-state index contributed by atoms with van der Waals surface area (Å²) in [4.78, 5) is 24.5. The third-order valence-corrected chi connectivity index (χ3v) is 2.83. The Morgan fingerprint density at radius 3 is 2.44 bits per heavy atom. The number of likely N-dealkylation sites (N-methyl/N-ethyl adjacent to an activating group) is 1. The molecular weight excluding hydrogens is 237 g/mol. The van der Waals surface area contributed by atoms with Crippen molar-refractivity contribution in [3.05, 3.63) is 35.6 Å². The number of carboxylic acids is 1. The van der Waals surface area contributed by atoms with Gasteiger partial charge in [0.2, 0.25) is 0 Å².